The highest BCUT2D eigenvalue weighted by Gasteiger charge is 2.23. The van der Waals surface area contributed by atoms with E-state index in [2.05, 4.69) is 34.4 Å². The summed E-state index contributed by atoms with van der Waals surface area (Å²) in [5.74, 6) is 0.929. The Morgan fingerprint density at radius 2 is 2.33 bits per heavy atom. The van der Waals surface area contributed by atoms with E-state index in [-0.39, 0.29) is 0 Å². The fourth-order valence-corrected chi connectivity index (χ4v) is 2.87. The highest BCUT2D eigenvalue weighted by molar-refractivity contribution is 7.17. The minimum Gasteiger partial charge on any atom is -0.373 e. The molecule has 0 aliphatic heterocycles. The molecule has 2 aromatic heterocycles. The van der Waals surface area contributed by atoms with Gasteiger partial charge in [-0.25, -0.2) is 0 Å². The van der Waals surface area contributed by atoms with Crippen molar-refractivity contribution >= 4 is 27.2 Å². The zero-order chi connectivity index (χ0) is 10.3. The molecule has 1 aliphatic carbocycles. The second-order valence-corrected chi connectivity index (χ2v) is 5.21. The molecule has 1 fully saturated rings. The van der Waals surface area contributed by atoms with Crippen LogP contribution in [0.2, 0.25) is 0 Å². The molecule has 1 saturated carbocycles. The molecule has 0 saturated heterocycles. The topological polar surface area (TPSA) is 16.1 Å². The van der Waals surface area contributed by atoms with E-state index in [0.717, 1.165) is 11.4 Å². The van der Waals surface area contributed by atoms with Gasteiger partial charge in [0.05, 0.1) is 15.9 Å². The number of hydrogen-bond acceptors (Lipinski definition) is 3. The standard InChI is InChI=1S/C12H14N2S/c1-14(8-9-2-3-9)11-4-6-13-10-5-7-15-12(10)11/h4-7,9H,2-3,8H2,1H3. The Labute approximate surface area is 93.6 Å². The van der Waals surface area contributed by atoms with Gasteiger partial charge in [-0.3, -0.25) is 4.98 Å². The van der Waals surface area contributed by atoms with Gasteiger partial charge in [-0.2, -0.15) is 0 Å². The summed E-state index contributed by atoms with van der Waals surface area (Å²) in [6.07, 6.45) is 4.72. The van der Waals surface area contributed by atoms with Gasteiger partial charge in [-0.05, 0) is 36.3 Å². The van der Waals surface area contributed by atoms with Crippen molar-refractivity contribution in [2.24, 2.45) is 5.92 Å². The predicted molar refractivity (Wildman–Crippen MR) is 65.6 cm³/mol. The number of thiophene rings is 1. The second kappa shape index (κ2) is 3.49. The maximum atomic E-state index is 4.36. The van der Waals surface area contributed by atoms with Crippen molar-refractivity contribution in [3.8, 4) is 0 Å². The minimum absolute atomic E-state index is 0.929. The molecular formula is C12H14N2S. The van der Waals surface area contributed by atoms with Crippen molar-refractivity contribution in [1.29, 1.82) is 0 Å². The van der Waals surface area contributed by atoms with E-state index in [1.807, 2.05) is 6.20 Å². The molecule has 3 rings (SSSR count). The fourth-order valence-electron chi connectivity index (χ4n) is 1.95. The van der Waals surface area contributed by atoms with Crippen LogP contribution in [0, 0.1) is 5.92 Å². The Morgan fingerprint density at radius 3 is 3.13 bits per heavy atom. The minimum atomic E-state index is 0.929. The monoisotopic (exact) mass is 218 g/mol. The number of pyridine rings is 1. The zero-order valence-corrected chi connectivity index (χ0v) is 9.63. The van der Waals surface area contributed by atoms with Crippen LogP contribution in [0.4, 0.5) is 5.69 Å². The lowest BCUT2D eigenvalue weighted by Gasteiger charge is -2.19. The van der Waals surface area contributed by atoms with E-state index in [0.29, 0.717) is 0 Å². The molecule has 0 spiro atoms. The maximum absolute atomic E-state index is 4.36. The molecule has 0 radical (unpaired) electrons. The average molecular weight is 218 g/mol. The van der Waals surface area contributed by atoms with E-state index in [1.54, 1.807) is 11.3 Å². The fraction of sp³-hybridized carbons (Fsp3) is 0.417. The molecule has 0 amide bonds. The lowest BCUT2D eigenvalue weighted by molar-refractivity contribution is 0.790. The molecule has 1 aliphatic rings. The van der Waals surface area contributed by atoms with E-state index in [9.17, 15) is 0 Å². The van der Waals surface area contributed by atoms with E-state index in [4.69, 9.17) is 0 Å². The summed E-state index contributed by atoms with van der Waals surface area (Å²) in [6, 6.07) is 4.22. The summed E-state index contributed by atoms with van der Waals surface area (Å²) in [5.41, 5.74) is 2.46. The predicted octanol–water partition coefficient (Wildman–Crippen LogP) is 3.14. The summed E-state index contributed by atoms with van der Waals surface area (Å²) in [5, 5.41) is 2.12. The second-order valence-electron chi connectivity index (χ2n) is 4.29. The summed E-state index contributed by atoms with van der Waals surface area (Å²) >= 11 is 1.79. The smallest absolute Gasteiger partial charge is 0.0830 e. The molecule has 2 aromatic rings. The highest BCUT2D eigenvalue weighted by atomic mass is 32.1. The van der Waals surface area contributed by atoms with Gasteiger partial charge in [-0.1, -0.05) is 0 Å². The third-order valence-electron chi connectivity index (χ3n) is 2.96. The summed E-state index contributed by atoms with van der Waals surface area (Å²) in [6.45, 7) is 1.19. The van der Waals surface area contributed by atoms with Gasteiger partial charge in [0.15, 0.2) is 0 Å². The van der Waals surface area contributed by atoms with Crippen LogP contribution in [-0.4, -0.2) is 18.6 Å². The van der Waals surface area contributed by atoms with Gasteiger partial charge in [0.25, 0.3) is 0 Å². The van der Waals surface area contributed by atoms with Gasteiger partial charge in [0.2, 0.25) is 0 Å². The van der Waals surface area contributed by atoms with Crippen LogP contribution >= 0.6 is 11.3 Å². The first-order valence-electron chi connectivity index (χ1n) is 5.38. The van der Waals surface area contributed by atoms with E-state index in [1.165, 1.54) is 29.8 Å². The molecule has 2 nitrogen and oxygen atoms in total. The van der Waals surface area contributed by atoms with Crippen molar-refractivity contribution in [1.82, 2.24) is 4.98 Å². The molecule has 0 atom stereocenters. The van der Waals surface area contributed by atoms with Crippen molar-refractivity contribution < 1.29 is 0 Å². The zero-order valence-electron chi connectivity index (χ0n) is 8.81. The van der Waals surface area contributed by atoms with Gasteiger partial charge in [-0.15, -0.1) is 11.3 Å². The Balaban J connectivity index is 1.97. The van der Waals surface area contributed by atoms with Crippen LogP contribution in [0.25, 0.3) is 10.2 Å². The van der Waals surface area contributed by atoms with Crippen LogP contribution < -0.4 is 4.90 Å². The molecule has 0 bridgehead atoms. The normalized spacial score (nSPS) is 15.8. The van der Waals surface area contributed by atoms with Crippen LogP contribution in [0.1, 0.15) is 12.8 Å². The summed E-state index contributed by atoms with van der Waals surface area (Å²) < 4.78 is 1.32. The van der Waals surface area contributed by atoms with Crippen LogP contribution in [0.15, 0.2) is 23.7 Å². The van der Waals surface area contributed by atoms with Gasteiger partial charge < -0.3 is 4.90 Å². The van der Waals surface area contributed by atoms with E-state index < -0.39 is 0 Å². The molecule has 0 unspecified atom stereocenters. The summed E-state index contributed by atoms with van der Waals surface area (Å²) in [7, 11) is 2.19. The lowest BCUT2D eigenvalue weighted by Crippen LogP contribution is -2.19. The molecule has 0 aromatic carbocycles. The molecular weight excluding hydrogens is 204 g/mol. The molecule has 3 heteroatoms. The third kappa shape index (κ3) is 1.72. The Morgan fingerprint density at radius 1 is 1.47 bits per heavy atom. The Hall–Kier alpha value is -1.09. The van der Waals surface area contributed by atoms with Gasteiger partial charge >= 0.3 is 0 Å². The SMILES string of the molecule is CN(CC1CC1)c1ccnc2ccsc12. The Bertz CT molecular complexity index is 473. The Kier molecular flexibility index (Phi) is 2.13. The quantitative estimate of drug-likeness (QED) is 0.786. The number of aromatic nitrogens is 1. The molecule has 15 heavy (non-hydrogen) atoms. The first kappa shape index (κ1) is 9.16. The van der Waals surface area contributed by atoms with Crippen molar-refractivity contribution in [3.63, 3.8) is 0 Å². The van der Waals surface area contributed by atoms with Gasteiger partial charge in [0, 0.05) is 19.8 Å². The highest BCUT2D eigenvalue weighted by Crippen LogP contribution is 2.34. The third-order valence-corrected chi connectivity index (χ3v) is 3.89. The molecule has 78 valence electrons. The maximum Gasteiger partial charge on any atom is 0.0830 e. The average Bonchev–Trinajstić information content (AvgIpc) is 2.93. The number of anilines is 1. The molecule has 0 N–H and O–H groups in total. The largest absolute Gasteiger partial charge is 0.373 e. The van der Waals surface area contributed by atoms with Crippen LogP contribution in [-0.2, 0) is 0 Å². The summed E-state index contributed by atoms with van der Waals surface area (Å²) in [4.78, 5) is 6.74. The number of nitrogens with zero attached hydrogens (tertiary/aromatic N) is 2. The van der Waals surface area contributed by atoms with E-state index >= 15 is 0 Å². The lowest BCUT2D eigenvalue weighted by atomic mass is 10.3. The van der Waals surface area contributed by atoms with Crippen molar-refractivity contribution in [2.75, 3.05) is 18.5 Å². The van der Waals surface area contributed by atoms with Crippen LogP contribution in [0.5, 0.6) is 0 Å². The first-order chi connectivity index (χ1) is 7.34. The van der Waals surface area contributed by atoms with Crippen molar-refractivity contribution in [2.45, 2.75) is 12.8 Å². The first-order valence-corrected chi connectivity index (χ1v) is 6.26. The van der Waals surface area contributed by atoms with Crippen LogP contribution in [0.3, 0.4) is 0 Å². The number of fused-ring (bicyclic) bond motifs is 1. The molecule has 2 heterocycles. The number of rotatable bonds is 3. The van der Waals surface area contributed by atoms with Gasteiger partial charge in [0.1, 0.15) is 0 Å². The number of hydrogen-bond donors (Lipinski definition) is 0. The van der Waals surface area contributed by atoms with Crippen molar-refractivity contribution in [3.05, 3.63) is 23.7 Å².